The molecule has 0 radical (unpaired) electrons. The summed E-state index contributed by atoms with van der Waals surface area (Å²) < 4.78 is 11.3. The van der Waals surface area contributed by atoms with E-state index in [2.05, 4.69) is 19.6 Å². The average molecular weight is 248 g/mol. The maximum Gasteiger partial charge on any atom is 0.163 e. The van der Waals surface area contributed by atoms with Gasteiger partial charge in [0.05, 0.1) is 12.7 Å². The molecular weight excluding hydrogens is 224 g/mol. The summed E-state index contributed by atoms with van der Waals surface area (Å²) in [5.41, 5.74) is 0. The summed E-state index contributed by atoms with van der Waals surface area (Å²) in [4.78, 5) is 0. The molecular formula is C11H24O2SSi. The average Bonchev–Trinajstić information content (AvgIpc) is 2.38. The maximum absolute atomic E-state index is 5.75. The van der Waals surface area contributed by atoms with Crippen molar-refractivity contribution in [1.82, 2.24) is 0 Å². The van der Waals surface area contributed by atoms with Crippen molar-refractivity contribution >= 4 is 19.8 Å². The first-order valence-corrected chi connectivity index (χ1v) is 10.5. The number of hydrogen-bond acceptors (Lipinski definition) is 3. The Morgan fingerprint density at radius 1 is 1.33 bits per heavy atom. The van der Waals surface area contributed by atoms with Crippen LogP contribution in [-0.2, 0) is 9.47 Å². The van der Waals surface area contributed by atoms with Crippen LogP contribution in [0.3, 0.4) is 0 Å². The zero-order valence-corrected chi connectivity index (χ0v) is 12.4. The second-order valence-electron chi connectivity index (χ2n) is 5.84. The van der Waals surface area contributed by atoms with Gasteiger partial charge < -0.3 is 9.47 Å². The van der Waals surface area contributed by atoms with Crippen molar-refractivity contribution in [2.75, 3.05) is 18.1 Å². The van der Waals surface area contributed by atoms with Gasteiger partial charge in [-0.15, -0.1) is 0 Å². The molecule has 1 rings (SSSR count). The predicted octanol–water partition coefficient (Wildman–Crippen LogP) is 3.21. The Balaban J connectivity index is 2.07. The molecule has 0 aromatic heterocycles. The van der Waals surface area contributed by atoms with E-state index < -0.39 is 8.07 Å². The highest BCUT2D eigenvalue weighted by Gasteiger charge is 2.32. The fourth-order valence-electron chi connectivity index (χ4n) is 1.44. The van der Waals surface area contributed by atoms with Crippen LogP contribution in [0.25, 0.3) is 0 Å². The van der Waals surface area contributed by atoms with Crippen LogP contribution in [-0.4, -0.2) is 38.1 Å². The minimum absolute atomic E-state index is 0.298. The molecule has 1 fully saturated rings. The normalized spacial score (nSPS) is 25.8. The summed E-state index contributed by atoms with van der Waals surface area (Å²) in [5.74, 6) is 1.99. The van der Waals surface area contributed by atoms with Crippen molar-refractivity contribution in [3.63, 3.8) is 0 Å². The van der Waals surface area contributed by atoms with Crippen LogP contribution in [0.1, 0.15) is 13.8 Å². The third-order valence-corrected chi connectivity index (χ3v) is 5.58. The Morgan fingerprint density at radius 2 is 2.00 bits per heavy atom. The van der Waals surface area contributed by atoms with Gasteiger partial charge in [0.2, 0.25) is 0 Å². The van der Waals surface area contributed by atoms with Gasteiger partial charge in [0.25, 0.3) is 0 Å². The third-order valence-electron chi connectivity index (χ3n) is 2.37. The van der Waals surface area contributed by atoms with Crippen LogP contribution in [0.4, 0.5) is 0 Å². The lowest BCUT2D eigenvalue weighted by molar-refractivity contribution is -0.135. The van der Waals surface area contributed by atoms with E-state index in [1.165, 1.54) is 11.8 Å². The number of rotatable bonds is 5. The molecule has 0 aromatic carbocycles. The van der Waals surface area contributed by atoms with Gasteiger partial charge >= 0.3 is 0 Å². The van der Waals surface area contributed by atoms with E-state index in [9.17, 15) is 0 Å². The summed E-state index contributed by atoms with van der Waals surface area (Å²) in [6.07, 6.45) is 0.298. The van der Waals surface area contributed by atoms with E-state index in [1.54, 1.807) is 0 Å². The molecule has 0 bridgehead atoms. The second-order valence-corrected chi connectivity index (χ2v) is 12.6. The SMILES string of the molecule is CC1(C)OCC(CSCC[Si](C)(C)C)O1. The van der Waals surface area contributed by atoms with Crippen LogP contribution in [0.2, 0.25) is 25.7 Å². The molecule has 15 heavy (non-hydrogen) atoms. The second kappa shape index (κ2) is 5.21. The minimum atomic E-state index is -0.855. The summed E-state index contributed by atoms with van der Waals surface area (Å²) in [5, 5.41) is 0. The molecule has 0 aromatic rings. The van der Waals surface area contributed by atoms with E-state index in [-0.39, 0.29) is 5.79 Å². The molecule has 0 aliphatic carbocycles. The first kappa shape index (κ1) is 13.6. The lowest BCUT2D eigenvalue weighted by Crippen LogP contribution is -2.23. The first-order chi connectivity index (χ1) is 6.79. The first-order valence-electron chi connectivity index (χ1n) is 5.68. The number of ether oxygens (including phenoxy) is 2. The van der Waals surface area contributed by atoms with Crippen LogP contribution in [0.5, 0.6) is 0 Å². The summed E-state index contributed by atoms with van der Waals surface area (Å²) >= 11 is 2.01. The molecule has 4 heteroatoms. The third kappa shape index (κ3) is 5.95. The molecule has 0 amide bonds. The molecule has 1 saturated heterocycles. The van der Waals surface area contributed by atoms with E-state index in [0.29, 0.717) is 6.10 Å². The fourth-order valence-corrected chi connectivity index (χ4v) is 5.06. The summed E-state index contributed by atoms with van der Waals surface area (Å²) in [7, 11) is -0.855. The van der Waals surface area contributed by atoms with E-state index in [1.807, 2.05) is 25.6 Å². The highest BCUT2D eigenvalue weighted by molar-refractivity contribution is 7.99. The van der Waals surface area contributed by atoms with Crippen molar-refractivity contribution < 1.29 is 9.47 Å². The molecule has 1 atom stereocenters. The number of hydrogen-bond donors (Lipinski definition) is 0. The van der Waals surface area contributed by atoms with Gasteiger partial charge in [-0.05, 0) is 25.6 Å². The zero-order valence-electron chi connectivity index (χ0n) is 10.6. The van der Waals surface area contributed by atoms with E-state index >= 15 is 0 Å². The smallest absolute Gasteiger partial charge is 0.163 e. The van der Waals surface area contributed by atoms with Crippen LogP contribution in [0, 0.1) is 0 Å². The standard InChI is InChI=1S/C11H24O2SSi/c1-11(2)12-8-10(13-11)9-14-6-7-15(3,4)5/h10H,6-9H2,1-5H3. The van der Waals surface area contributed by atoms with Crippen molar-refractivity contribution in [3.05, 3.63) is 0 Å². The maximum atomic E-state index is 5.75. The zero-order chi connectivity index (χ0) is 11.5. The van der Waals surface area contributed by atoms with Gasteiger partial charge in [-0.2, -0.15) is 11.8 Å². The molecule has 0 spiro atoms. The Labute approximate surface area is 99.1 Å². The minimum Gasteiger partial charge on any atom is -0.348 e. The molecule has 0 saturated carbocycles. The molecule has 1 heterocycles. The van der Waals surface area contributed by atoms with Gasteiger partial charge in [0, 0.05) is 13.8 Å². The van der Waals surface area contributed by atoms with Crippen molar-refractivity contribution in [2.24, 2.45) is 0 Å². The van der Waals surface area contributed by atoms with Crippen LogP contribution >= 0.6 is 11.8 Å². The van der Waals surface area contributed by atoms with Crippen molar-refractivity contribution in [2.45, 2.75) is 51.4 Å². The monoisotopic (exact) mass is 248 g/mol. The Morgan fingerprint density at radius 3 is 2.47 bits per heavy atom. The van der Waals surface area contributed by atoms with Gasteiger partial charge in [-0.3, -0.25) is 0 Å². The molecule has 90 valence electrons. The van der Waals surface area contributed by atoms with Gasteiger partial charge in [-0.1, -0.05) is 19.6 Å². The lowest BCUT2D eigenvalue weighted by Gasteiger charge is -2.18. The Hall–Kier alpha value is 0.487. The Bertz CT molecular complexity index is 201. The fraction of sp³-hybridized carbons (Fsp3) is 1.00. The Kier molecular flexibility index (Phi) is 4.71. The lowest BCUT2D eigenvalue weighted by atomic mass is 10.4. The van der Waals surface area contributed by atoms with Crippen LogP contribution in [0.15, 0.2) is 0 Å². The number of thioether (sulfide) groups is 1. The van der Waals surface area contributed by atoms with E-state index in [0.717, 1.165) is 12.4 Å². The van der Waals surface area contributed by atoms with E-state index in [4.69, 9.17) is 9.47 Å². The van der Waals surface area contributed by atoms with Crippen molar-refractivity contribution in [1.29, 1.82) is 0 Å². The topological polar surface area (TPSA) is 18.5 Å². The molecule has 1 unspecified atom stereocenters. The predicted molar refractivity (Wildman–Crippen MR) is 70.4 cm³/mol. The highest BCUT2D eigenvalue weighted by Crippen LogP contribution is 2.25. The summed E-state index contributed by atoms with van der Waals surface area (Å²) in [6.45, 7) is 12.0. The molecule has 0 N–H and O–H groups in total. The van der Waals surface area contributed by atoms with Gasteiger partial charge in [0.1, 0.15) is 0 Å². The molecule has 2 nitrogen and oxygen atoms in total. The quantitative estimate of drug-likeness (QED) is 0.550. The van der Waals surface area contributed by atoms with Crippen molar-refractivity contribution in [3.8, 4) is 0 Å². The molecule has 1 aliphatic heterocycles. The highest BCUT2D eigenvalue weighted by atomic mass is 32.2. The largest absolute Gasteiger partial charge is 0.348 e. The van der Waals surface area contributed by atoms with Gasteiger partial charge in [0.15, 0.2) is 5.79 Å². The van der Waals surface area contributed by atoms with Crippen LogP contribution < -0.4 is 0 Å². The summed E-state index contributed by atoms with van der Waals surface area (Å²) in [6, 6.07) is 1.40. The molecule has 1 aliphatic rings. The van der Waals surface area contributed by atoms with Gasteiger partial charge in [-0.25, -0.2) is 0 Å².